The Morgan fingerprint density at radius 1 is 1.06 bits per heavy atom. The van der Waals surface area contributed by atoms with Gasteiger partial charge in [-0.2, -0.15) is 0 Å². The molecule has 0 bridgehead atoms. The average molecular weight is 247 g/mol. The van der Waals surface area contributed by atoms with Crippen LogP contribution in [0.15, 0.2) is 12.1 Å². The van der Waals surface area contributed by atoms with Gasteiger partial charge in [0.25, 0.3) is 0 Å². The number of rotatable bonds is 3. The zero-order chi connectivity index (χ0) is 13.7. The van der Waals surface area contributed by atoms with Crippen molar-refractivity contribution in [2.24, 2.45) is 16.7 Å². The minimum Gasteiger partial charge on any atom is -0.493 e. The molecule has 1 aromatic rings. The summed E-state index contributed by atoms with van der Waals surface area (Å²) in [5, 5.41) is 0. The quantitative estimate of drug-likeness (QED) is 0.821. The molecule has 1 aliphatic carbocycles. The maximum atomic E-state index is 6.01. The molecule has 0 atom stereocenters. The number of hydrogen-bond acceptors (Lipinski definition) is 2. The minimum absolute atomic E-state index is 0.379. The molecule has 100 valence electrons. The summed E-state index contributed by atoms with van der Waals surface area (Å²) < 4.78 is 6.01. The third-order valence-corrected chi connectivity index (χ3v) is 5.29. The molecule has 0 radical (unpaired) electrons. The Hall–Kier alpha value is -1.18. The first-order valence-electron chi connectivity index (χ1n) is 6.67. The number of hydrogen-bond donors (Lipinski definition) is 1. The number of nitrogen functional groups attached to an aromatic ring is 1. The molecule has 0 spiro atoms. The highest BCUT2D eigenvalue weighted by molar-refractivity contribution is 5.53. The smallest absolute Gasteiger partial charge is 0.122 e. The molecule has 2 N–H and O–H groups in total. The maximum absolute atomic E-state index is 6.01. The molecule has 0 unspecified atom stereocenters. The van der Waals surface area contributed by atoms with Gasteiger partial charge in [0, 0.05) is 11.6 Å². The van der Waals surface area contributed by atoms with Crippen LogP contribution in [-0.4, -0.2) is 6.61 Å². The lowest BCUT2D eigenvalue weighted by atomic mass is 10.0. The molecule has 1 aliphatic rings. The van der Waals surface area contributed by atoms with Gasteiger partial charge >= 0.3 is 0 Å². The topological polar surface area (TPSA) is 35.2 Å². The molecular weight excluding hydrogens is 222 g/mol. The van der Waals surface area contributed by atoms with Crippen LogP contribution in [0.25, 0.3) is 0 Å². The Labute approximate surface area is 111 Å². The third-order valence-electron chi connectivity index (χ3n) is 5.29. The van der Waals surface area contributed by atoms with Crippen molar-refractivity contribution in [3.63, 3.8) is 0 Å². The van der Waals surface area contributed by atoms with Crippen molar-refractivity contribution in [1.82, 2.24) is 0 Å². The molecule has 0 amide bonds. The van der Waals surface area contributed by atoms with Crippen LogP contribution in [0.3, 0.4) is 0 Å². The molecular formula is C16H25NO. The van der Waals surface area contributed by atoms with Gasteiger partial charge in [0.1, 0.15) is 5.75 Å². The summed E-state index contributed by atoms with van der Waals surface area (Å²) in [5.74, 6) is 1.60. The first kappa shape index (κ1) is 13.3. The molecule has 0 aromatic heterocycles. The average Bonchev–Trinajstić information content (AvgIpc) is 2.62. The Kier molecular flexibility index (Phi) is 2.88. The SMILES string of the molecule is Cc1cc(OCC2C(C)(C)C2(C)C)c(C)cc1N. The van der Waals surface area contributed by atoms with E-state index in [1.807, 2.05) is 26.0 Å². The van der Waals surface area contributed by atoms with Crippen LogP contribution in [0.2, 0.25) is 0 Å². The van der Waals surface area contributed by atoms with E-state index in [1.165, 1.54) is 0 Å². The minimum atomic E-state index is 0.379. The second-order valence-corrected chi connectivity index (χ2v) is 6.78. The molecule has 1 fully saturated rings. The van der Waals surface area contributed by atoms with Crippen molar-refractivity contribution >= 4 is 5.69 Å². The van der Waals surface area contributed by atoms with E-state index >= 15 is 0 Å². The second kappa shape index (κ2) is 3.91. The Balaban J connectivity index is 2.07. The normalized spacial score (nSPS) is 20.8. The molecule has 0 saturated heterocycles. The van der Waals surface area contributed by atoms with Crippen molar-refractivity contribution in [3.8, 4) is 5.75 Å². The summed E-state index contributed by atoms with van der Waals surface area (Å²) in [6, 6.07) is 4.04. The van der Waals surface area contributed by atoms with Gasteiger partial charge in [-0.1, -0.05) is 27.7 Å². The van der Waals surface area contributed by atoms with Crippen LogP contribution in [0.5, 0.6) is 5.75 Å². The summed E-state index contributed by atoms with van der Waals surface area (Å²) in [6.45, 7) is 14.2. The largest absolute Gasteiger partial charge is 0.493 e. The molecule has 1 saturated carbocycles. The van der Waals surface area contributed by atoms with Gasteiger partial charge in [0.05, 0.1) is 6.61 Å². The van der Waals surface area contributed by atoms with Crippen LogP contribution >= 0.6 is 0 Å². The fourth-order valence-electron chi connectivity index (χ4n) is 2.89. The van der Waals surface area contributed by atoms with E-state index in [-0.39, 0.29) is 0 Å². The van der Waals surface area contributed by atoms with Crippen LogP contribution in [0.4, 0.5) is 5.69 Å². The fourth-order valence-corrected chi connectivity index (χ4v) is 2.89. The standard InChI is InChI=1S/C16H25NO/c1-10-8-13(11(2)7-12(10)17)18-9-14-15(3,4)16(14,5)6/h7-8,14H,9,17H2,1-6H3. The van der Waals surface area contributed by atoms with Crippen molar-refractivity contribution in [3.05, 3.63) is 23.3 Å². The number of ether oxygens (including phenoxy) is 1. The fraction of sp³-hybridized carbons (Fsp3) is 0.625. The zero-order valence-electron chi connectivity index (χ0n) is 12.4. The lowest BCUT2D eigenvalue weighted by Gasteiger charge is -2.12. The van der Waals surface area contributed by atoms with Gasteiger partial charge in [-0.05, 0) is 47.9 Å². The number of aryl methyl sites for hydroxylation is 2. The molecule has 2 heteroatoms. The molecule has 0 aliphatic heterocycles. The van der Waals surface area contributed by atoms with Crippen molar-refractivity contribution in [2.75, 3.05) is 12.3 Å². The van der Waals surface area contributed by atoms with Crippen molar-refractivity contribution < 1.29 is 4.74 Å². The Bertz CT molecular complexity index is 460. The van der Waals surface area contributed by atoms with Crippen molar-refractivity contribution in [1.29, 1.82) is 0 Å². The monoisotopic (exact) mass is 247 g/mol. The van der Waals surface area contributed by atoms with Gasteiger partial charge in [0.2, 0.25) is 0 Å². The number of benzene rings is 1. The zero-order valence-corrected chi connectivity index (χ0v) is 12.4. The van der Waals surface area contributed by atoms with E-state index in [4.69, 9.17) is 10.5 Å². The van der Waals surface area contributed by atoms with Gasteiger partial charge in [-0.25, -0.2) is 0 Å². The van der Waals surface area contributed by atoms with E-state index < -0.39 is 0 Å². The van der Waals surface area contributed by atoms with E-state index in [9.17, 15) is 0 Å². The van der Waals surface area contributed by atoms with Gasteiger partial charge in [-0.15, -0.1) is 0 Å². The lowest BCUT2D eigenvalue weighted by molar-refractivity contribution is 0.271. The predicted molar refractivity (Wildman–Crippen MR) is 76.9 cm³/mol. The molecule has 0 heterocycles. The summed E-state index contributed by atoms with van der Waals surface area (Å²) in [4.78, 5) is 0. The predicted octanol–water partition coefficient (Wildman–Crippen LogP) is 3.95. The Morgan fingerprint density at radius 2 is 1.61 bits per heavy atom. The number of nitrogens with two attached hydrogens (primary N) is 1. The van der Waals surface area contributed by atoms with E-state index in [2.05, 4.69) is 27.7 Å². The Morgan fingerprint density at radius 3 is 2.11 bits per heavy atom. The van der Waals surface area contributed by atoms with E-state index in [0.717, 1.165) is 29.2 Å². The van der Waals surface area contributed by atoms with E-state index in [0.29, 0.717) is 16.7 Å². The van der Waals surface area contributed by atoms with Crippen LogP contribution in [-0.2, 0) is 0 Å². The lowest BCUT2D eigenvalue weighted by Crippen LogP contribution is -2.06. The van der Waals surface area contributed by atoms with Gasteiger partial charge < -0.3 is 10.5 Å². The summed E-state index contributed by atoms with van der Waals surface area (Å²) in [5.41, 5.74) is 9.69. The summed E-state index contributed by atoms with van der Waals surface area (Å²) in [6.07, 6.45) is 0. The second-order valence-electron chi connectivity index (χ2n) is 6.78. The van der Waals surface area contributed by atoms with Gasteiger partial charge in [-0.3, -0.25) is 0 Å². The highest BCUT2D eigenvalue weighted by atomic mass is 16.5. The van der Waals surface area contributed by atoms with Gasteiger partial charge in [0.15, 0.2) is 0 Å². The molecule has 18 heavy (non-hydrogen) atoms. The molecule has 2 nitrogen and oxygen atoms in total. The summed E-state index contributed by atoms with van der Waals surface area (Å²) in [7, 11) is 0. The van der Waals surface area contributed by atoms with Crippen molar-refractivity contribution in [2.45, 2.75) is 41.5 Å². The maximum Gasteiger partial charge on any atom is 0.122 e. The first-order chi connectivity index (χ1) is 8.18. The number of anilines is 1. The first-order valence-corrected chi connectivity index (χ1v) is 6.67. The highest BCUT2D eigenvalue weighted by Crippen LogP contribution is 2.68. The van der Waals surface area contributed by atoms with Crippen LogP contribution in [0.1, 0.15) is 38.8 Å². The van der Waals surface area contributed by atoms with E-state index in [1.54, 1.807) is 0 Å². The highest BCUT2D eigenvalue weighted by Gasteiger charge is 2.64. The summed E-state index contributed by atoms with van der Waals surface area (Å²) >= 11 is 0. The molecule has 1 aromatic carbocycles. The molecule has 2 rings (SSSR count). The van der Waals surface area contributed by atoms with Crippen LogP contribution < -0.4 is 10.5 Å². The van der Waals surface area contributed by atoms with Crippen LogP contribution in [0, 0.1) is 30.6 Å². The third kappa shape index (κ3) is 1.88.